The molecule has 2 aliphatic rings. The van der Waals surface area contributed by atoms with Gasteiger partial charge in [0.25, 0.3) is 5.25 Å². The molecular formula is C11H20F2OS. The number of hydrogen-bond donors (Lipinski definition) is 2. The van der Waals surface area contributed by atoms with Crippen LogP contribution in [0.3, 0.4) is 0 Å². The molecule has 1 nitrogen and oxygen atoms in total. The second-order valence-electron chi connectivity index (χ2n) is 4.75. The molecule has 15 heavy (non-hydrogen) atoms. The zero-order chi connectivity index (χ0) is 11.5. The van der Waals surface area contributed by atoms with E-state index in [4.69, 9.17) is 5.11 Å². The lowest BCUT2D eigenvalue weighted by molar-refractivity contribution is 0.0610. The summed E-state index contributed by atoms with van der Waals surface area (Å²) < 4.78 is 25.3. The van der Waals surface area contributed by atoms with Gasteiger partial charge in [-0.3, -0.25) is 0 Å². The minimum atomic E-state index is -2.75. The van der Waals surface area contributed by atoms with Crippen LogP contribution >= 0.6 is 12.6 Å². The summed E-state index contributed by atoms with van der Waals surface area (Å²) >= 11 is 3.31. The second kappa shape index (κ2) is 5.48. The molecular weight excluding hydrogens is 218 g/mol. The molecule has 4 heteroatoms. The molecule has 0 aromatic carbocycles. The molecule has 2 atom stereocenters. The average Bonchev–Trinajstić information content (AvgIpc) is 2.46. The highest BCUT2D eigenvalue weighted by molar-refractivity contribution is 7.81. The van der Waals surface area contributed by atoms with Crippen molar-refractivity contribution in [3.63, 3.8) is 0 Å². The summed E-state index contributed by atoms with van der Waals surface area (Å²) in [6, 6.07) is 0. The summed E-state index contributed by atoms with van der Waals surface area (Å²) in [4.78, 5) is 0. The molecule has 0 aliphatic heterocycles. The van der Waals surface area contributed by atoms with Crippen molar-refractivity contribution in [3.05, 3.63) is 0 Å². The predicted octanol–water partition coefficient (Wildman–Crippen LogP) is 3.33. The number of alkyl halides is 2. The summed E-state index contributed by atoms with van der Waals surface area (Å²) in [5.41, 5.74) is 0. The third kappa shape index (κ3) is 4.27. The lowest BCUT2D eigenvalue weighted by atomic mass is 9.79. The molecule has 0 amide bonds. The Bertz CT molecular complexity index is 182. The standard InChI is InChI=1S/C10H16F2S.CH4O/c11-10(12,13)6-9-4-7-1-2-8(3-7)5-9;1-2/h7-9,13H,1-6H2;2H,1H3. The second-order valence-corrected chi connectivity index (χ2v) is 5.41. The maximum Gasteiger partial charge on any atom is 0.291 e. The zero-order valence-corrected chi connectivity index (χ0v) is 10.0. The van der Waals surface area contributed by atoms with Gasteiger partial charge < -0.3 is 5.11 Å². The monoisotopic (exact) mass is 238 g/mol. The van der Waals surface area contributed by atoms with E-state index in [-0.39, 0.29) is 12.3 Å². The third-order valence-corrected chi connectivity index (χ3v) is 3.70. The fraction of sp³-hybridized carbons (Fsp3) is 1.00. The van der Waals surface area contributed by atoms with E-state index in [1.54, 1.807) is 0 Å². The van der Waals surface area contributed by atoms with E-state index < -0.39 is 5.25 Å². The van der Waals surface area contributed by atoms with Gasteiger partial charge in [0.15, 0.2) is 0 Å². The lowest BCUT2D eigenvalue weighted by Crippen LogP contribution is -2.21. The molecule has 2 bridgehead atoms. The van der Waals surface area contributed by atoms with Gasteiger partial charge in [0.1, 0.15) is 0 Å². The highest BCUT2D eigenvalue weighted by atomic mass is 32.1. The number of thiol groups is 1. The SMILES string of the molecule is CO.FC(F)(S)CC1CC2CCC(C2)C1. The first-order chi connectivity index (χ1) is 7.03. The van der Waals surface area contributed by atoms with E-state index in [9.17, 15) is 8.78 Å². The molecule has 0 aromatic heterocycles. The van der Waals surface area contributed by atoms with Crippen molar-refractivity contribution < 1.29 is 13.9 Å². The minimum absolute atomic E-state index is 0.0108. The Morgan fingerprint density at radius 3 is 2.00 bits per heavy atom. The van der Waals surface area contributed by atoms with Crippen molar-refractivity contribution in [3.8, 4) is 0 Å². The zero-order valence-electron chi connectivity index (χ0n) is 9.13. The average molecular weight is 238 g/mol. The molecule has 2 unspecified atom stereocenters. The quantitative estimate of drug-likeness (QED) is 0.707. The van der Waals surface area contributed by atoms with Crippen LogP contribution in [0.2, 0.25) is 0 Å². The third-order valence-electron chi connectivity index (χ3n) is 3.52. The first kappa shape index (κ1) is 13.2. The van der Waals surface area contributed by atoms with Crippen LogP contribution in [0.15, 0.2) is 0 Å². The van der Waals surface area contributed by atoms with E-state index in [0.29, 0.717) is 0 Å². The number of rotatable bonds is 2. The van der Waals surface area contributed by atoms with Crippen LogP contribution in [0.5, 0.6) is 0 Å². The van der Waals surface area contributed by atoms with Crippen molar-refractivity contribution in [2.24, 2.45) is 17.8 Å². The Hall–Kier alpha value is 0.170. The fourth-order valence-electron chi connectivity index (χ4n) is 3.16. The van der Waals surface area contributed by atoms with Gasteiger partial charge in [-0.15, -0.1) is 12.6 Å². The Morgan fingerprint density at radius 1 is 1.13 bits per heavy atom. The van der Waals surface area contributed by atoms with Crippen LogP contribution in [0.1, 0.15) is 38.5 Å². The molecule has 1 N–H and O–H groups in total. The molecule has 0 saturated heterocycles. The topological polar surface area (TPSA) is 20.2 Å². The predicted molar refractivity (Wildman–Crippen MR) is 60.2 cm³/mol. The lowest BCUT2D eigenvalue weighted by Gasteiger charge is -2.28. The first-order valence-electron chi connectivity index (χ1n) is 5.58. The van der Waals surface area contributed by atoms with Crippen LogP contribution < -0.4 is 0 Å². The van der Waals surface area contributed by atoms with Gasteiger partial charge in [-0.25, -0.2) is 0 Å². The van der Waals surface area contributed by atoms with Crippen molar-refractivity contribution in [1.82, 2.24) is 0 Å². The van der Waals surface area contributed by atoms with Crippen molar-refractivity contribution in [2.75, 3.05) is 7.11 Å². The maximum absolute atomic E-state index is 12.6. The smallest absolute Gasteiger partial charge is 0.291 e. The number of hydrogen-bond acceptors (Lipinski definition) is 2. The van der Waals surface area contributed by atoms with E-state index in [1.807, 2.05) is 0 Å². The van der Waals surface area contributed by atoms with Crippen LogP contribution in [0, 0.1) is 17.8 Å². The Labute approximate surface area is 95.7 Å². The van der Waals surface area contributed by atoms with Gasteiger partial charge in [-0.2, -0.15) is 8.78 Å². The van der Waals surface area contributed by atoms with Gasteiger partial charge in [-0.1, -0.05) is 12.8 Å². The Kier molecular flexibility index (Phi) is 4.84. The highest BCUT2D eigenvalue weighted by Crippen LogP contribution is 2.47. The minimum Gasteiger partial charge on any atom is -0.400 e. The van der Waals surface area contributed by atoms with Gasteiger partial charge in [0.2, 0.25) is 0 Å². The largest absolute Gasteiger partial charge is 0.400 e. The van der Waals surface area contributed by atoms with Gasteiger partial charge in [0, 0.05) is 13.5 Å². The molecule has 0 spiro atoms. The number of aliphatic hydroxyl groups excluding tert-OH is 1. The molecule has 0 heterocycles. The van der Waals surface area contributed by atoms with Gasteiger partial charge >= 0.3 is 0 Å². The van der Waals surface area contributed by atoms with E-state index >= 15 is 0 Å². The molecule has 0 aromatic rings. The summed E-state index contributed by atoms with van der Waals surface area (Å²) in [6.45, 7) is 0. The van der Waals surface area contributed by atoms with Crippen LogP contribution in [-0.2, 0) is 0 Å². The molecule has 2 saturated carbocycles. The molecule has 2 fully saturated rings. The Balaban J connectivity index is 0.000000531. The van der Waals surface area contributed by atoms with E-state index in [1.165, 1.54) is 19.3 Å². The van der Waals surface area contributed by atoms with Crippen molar-refractivity contribution >= 4 is 12.6 Å². The number of fused-ring (bicyclic) bond motifs is 2. The van der Waals surface area contributed by atoms with Crippen LogP contribution in [0.25, 0.3) is 0 Å². The van der Waals surface area contributed by atoms with Crippen molar-refractivity contribution in [2.45, 2.75) is 43.8 Å². The fourth-order valence-corrected chi connectivity index (χ4v) is 3.42. The molecule has 0 radical (unpaired) electrons. The van der Waals surface area contributed by atoms with Crippen LogP contribution in [0.4, 0.5) is 8.78 Å². The summed E-state index contributed by atoms with van der Waals surface area (Å²) in [5, 5.41) is 4.25. The van der Waals surface area contributed by atoms with E-state index in [2.05, 4.69) is 12.6 Å². The summed E-state index contributed by atoms with van der Waals surface area (Å²) in [5.74, 6) is 1.73. The van der Waals surface area contributed by atoms with Gasteiger partial charge in [0.05, 0.1) is 0 Å². The van der Waals surface area contributed by atoms with Crippen molar-refractivity contribution in [1.29, 1.82) is 0 Å². The van der Waals surface area contributed by atoms with Gasteiger partial charge in [-0.05, 0) is 37.0 Å². The molecule has 2 rings (SSSR count). The number of aliphatic hydroxyl groups is 1. The molecule has 90 valence electrons. The highest BCUT2D eigenvalue weighted by Gasteiger charge is 2.37. The summed E-state index contributed by atoms with van der Waals surface area (Å²) in [6.07, 6.45) is 5.88. The maximum atomic E-state index is 12.6. The Morgan fingerprint density at radius 2 is 1.60 bits per heavy atom. The first-order valence-corrected chi connectivity index (χ1v) is 6.02. The number of halogens is 2. The molecule has 2 aliphatic carbocycles. The van der Waals surface area contributed by atoms with Crippen LogP contribution in [-0.4, -0.2) is 17.5 Å². The summed E-state index contributed by atoms with van der Waals surface area (Å²) in [7, 11) is 1.00. The normalized spacial score (nSPS) is 34.6. The van der Waals surface area contributed by atoms with E-state index in [0.717, 1.165) is 31.8 Å².